The van der Waals surface area contributed by atoms with E-state index in [0.717, 1.165) is 5.69 Å². The summed E-state index contributed by atoms with van der Waals surface area (Å²) in [5, 5.41) is 3.59. The number of hydrogen-bond acceptors (Lipinski definition) is 6. The number of halogens is 2. The third-order valence-electron chi connectivity index (χ3n) is 5.26. The molecule has 176 valence electrons. The van der Waals surface area contributed by atoms with E-state index in [1.807, 2.05) is 0 Å². The van der Waals surface area contributed by atoms with Gasteiger partial charge in [0.15, 0.2) is 0 Å². The van der Waals surface area contributed by atoms with Gasteiger partial charge in [0.1, 0.15) is 11.5 Å². The van der Waals surface area contributed by atoms with Gasteiger partial charge in [0.25, 0.3) is 0 Å². The molecule has 0 bridgehead atoms. The Morgan fingerprint density at radius 1 is 1.09 bits per heavy atom. The van der Waals surface area contributed by atoms with Gasteiger partial charge < -0.3 is 24.1 Å². The minimum absolute atomic E-state index is 0.375. The van der Waals surface area contributed by atoms with Crippen LogP contribution in [0, 0.1) is 0 Å². The molecule has 1 amide bonds. The van der Waals surface area contributed by atoms with Gasteiger partial charge in [-0.1, -0.05) is 29.3 Å². The van der Waals surface area contributed by atoms with Gasteiger partial charge in [-0.3, -0.25) is 4.79 Å². The molecular formula is C25H22Cl2N2O5. The number of carbonyl (C=O) groups is 2. The molecule has 1 saturated heterocycles. The summed E-state index contributed by atoms with van der Waals surface area (Å²) >= 11 is 12.3. The molecule has 34 heavy (non-hydrogen) atoms. The number of rotatable bonds is 6. The average molecular weight is 501 g/mol. The fourth-order valence-electron chi connectivity index (χ4n) is 3.59. The first-order chi connectivity index (χ1) is 16.5. The normalized spacial score (nSPS) is 13.8. The zero-order valence-electron chi connectivity index (χ0n) is 18.3. The van der Waals surface area contributed by atoms with Crippen LogP contribution in [0.25, 0.3) is 17.4 Å². The Hall–Kier alpha value is -3.26. The van der Waals surface area contributed by atoms with E-state index in [1.54, 1.807) is 54.6 Å². The maximum absolute atomic E-state index is 12.5. The van der Waals surface area contributed by atoms with Gasteiger partial charge in [0.2, 0.25) is 5.91 Å². The Balaban J connectivity index is 1.47. The second-order valence-corrected chi connectivity index (χ2v) is 8.23. The first kappa shape index (κ1) is 23.9. The Kier molecular flexibility index (Phi) is 7.57. The number of hydrogen-bond donors (Lipinski definition) is 1. The fraction of sp³-hybridized carbons (Fsp3) is 0.200. The maximum Gasteiger partial charge on any atom is 0.340 e. The zero-order valence-corrected chi connectivity index (χ0v) is 19.9. The molecule has 7 nitrogen and oxygen atoms in total. The van der Waals surface area contributed by atoms with E-state index in [9.17, 15) is 9.59 Å². The Morgan fingerprint density at radius 3 is 2.65 bits per heavy atom. The number of amides is 1. The van der Waals surface area contributed by atoms with Gasteiger partial charge >= 0.3 is 5.97 Å². The summed E-state index contributed by atoms with van der Waals surface area (Å²) in [4.78, 5) is 26.9. The van der Waals surface area contributed by atoms with Crippen molar-refractivity contribution in [1.29, 1.82) is 0 Å². The van der Waals surface area contributed by atoms with Crippen molar-refractivity contribution in [3.63, 3.8) is 0 Å². The van der Waals surface area contributed by atoms with Gasteiger partial charge in [-0.25, -0.2) is 4.79 Å². The lowest BCUT2D eigenvalue weighted by molar-refractivity contribution is -0.111. The third-order valence-corrected chi connectivity index (χ3v) is 6.08. The quantitative estimate of drug-likeness (QED) is 0.354. The molecule has 0 saturated carbocycles. The van der Waals surface area contributed by atoms with Crippen molar-refractivity contribution in [1.82, 2.24) is 0 Å². The number of benzene rings is 2. The van der Waals surface area contributed by atoms with E-state index >= 15 is 0 Å². The number of nitrogens with zero attached hydrogens (tertiary/aromatic N) is 1. The summed E-state index contributed by atoms with van der Waals surface area (Å²) in [6.07, 6.45) is 2.89. The molecule has 1 aromatic heterocycles. The van der Waals surface area contributed by atoms with Crippen LogP contribution < -0.4 is 10.2 Å². The number of ether oxygens (including phenoxy) is 2. The van der Waals surface area contributed by atoms with Gasteiger partial charge in [0.05, 0.1) is 41.6 Å². The van der Waals surface area contributed by atoms with E-state index in [1.165, 1.54) is 13.2 Å². The van der Waals surface area contributed by atoms with Crippen LogP contribution in [0.4, 0.5) is 11.4 Å². The largest absolute Gasteiger partial charge is 0.465 e. The predicted octanol–water partition coefficient (Wildman–Crippen LogP) is 5.53. The van der Waals surface area contributed by atoms with Crippen LogP contribution in [-0.2, 0) is 14.3 Å². The molecule has 0 atom stereocenters. The van der Waals surface area contributed by atoms with E-state index < -0.39 is 5.97 Å². The van der Waals surface area contributed by atoms with Crippen molar-refractivity contribution < 1.29 is 23.5 Å². The van der Waals surface area contributed by atoms with E-state index in [2.05, 4.69) is 10.2 Å². The van der Waals surface area contributed by atoms with E-state index in [4.69, 9.17) is 37.1 Å². The summed E-state index contributed by atoms with van der Waals surface area (Å²) in [6.45, 7) is 2.51. The smallest absolute Gasteiger partial charge is 0.340 e. The van der Waals surface area contributed by atoms with Crippen LogP contribution in [0.2, 0.25) is 10.0 Å². The average Bonchev–Trinajstić information content (AvgIpc) is 3.33. The zero-order chi connectivity index (χ0) is 24.1. The molecule has 1 N–H and O–H groups in total. The molecule has 0 aliphatic carbocycles. The molecule has 1 aliphatic rings. The second kappa shape index (κ2) is 10.8. The van der Waals surface area contributed by atoms with Crippen molar-refractivity contribution in [2.45, 2.75) is 0 Å². The summed E-state index contributed by atoms with van der Waals surface area (Å²) in [7, 11) is 1.33. The standard InChI is InChI=1S/C25H22Cl2N2O5/c1-32-25(31)19-15-16(5-8-21(19)29-11-13-33-14-12-29)28-23(30)10-7-17-6-9-22(34-17)18-3-2-4-20(26)24(18)27/h2-10,15H,11-14H2,1H3,(H,28,30)/b10-7+. The summed E-state index contributed by atoms with van der Waals surface area (Å²) < 4.78 is 16.1. The van der Waals surface area contributed by atoms with Gasteiger partial charge in [-0.15, -0.1) is 0 Å². The molecule has 0 spiro atoms. The first-order valence-electron chi connectivity index (χ1n) is 10.5. The Bertz CT molecular complexity index is 1230. The van der Waals surface area contributed by atoms with Crippen LogP contribution in [0.1, 0.15) is 16.1 Å². The van der Waals surface area contributed by atoms with Crippen molar-refractivity contribution in [2.75, 3.05) is 43.6 Å². The topological polar surface area (TPSA) is 81.0 Å². The number of anilines is 2. The van der Waals surface area contributed by atoms with Crippen LogP contribution in [0.3, 0.4) is 0 Å². The number of esters is 1. The first-order valence-corrected chi connectivity index (χ1v) is 11.3. The lowest BCUT2D eigenvalue weighted by Gasteiger charge is -2.30. The summed E-state index contributed by atoms with van der Waals surface area (Å²) in [6, 6.07) is 13.9. The number of methoxy groups -OCH3 is 1. The molecule has 4 rings (SSSR count). The number of furan rings is 1. The Morgan fingerprint density at radius 2 is 1.88 bits per heavy atom. The van der Waals surface area contributed by atoms with Crippen LogP contribution >= 0.6 is 23.2 Å². The van der Waals surface area contributed by atoms with Crippen LogP contribution in [0.5, 0.6) is 0 Å². The SMILES string of the molecule is COC(=O)c1cc(NC(=O)/C=C/c2ccc(-c3cccc(Cl)c3Cl)o2)ccc1N1CCOCC1. The van der Waals surface area contributed by atoms with Crippen molar-refractivity contribution in [3.05, 3.63) is 76.0 Å². The molecule has 0 unspecified atom stereocenters. The minimum Gasteiger partial charge on any atom is -0.465 e. The fourth-order valence-corrected chi connectivity index (χ4v) is 3.98. The van der Waals surface area contributed by atoms with Crippen LogP contribution in [0.15, 0.2) is 59.0 Å². The van der Waals surface area contributed by atoms with Gasteiger partial charge in [0, 0.05) is 30.4 Å². The lowest BCUT2D eigenvalue weighted by atomic mass is 10.1. The highest BCUT2D eigenvalue weighted by Crippen LogP contribution is 2.34. The van der Waals surface area contributed by atoms with Gasteiger partial charge in [-0.05, 0) is 48.5 Å². The predicted molar refractivity (Wildman–Crippen MR) is 133 cm³/mol. The highest BCUT2D eigenvalue weighted by molar-refractivity contribution is 6.43. The molecule has 0 radical (unpaired) electrons. The molecule has 2 aromatic carbocycles. The minimum atomic E-state index is -0.476. The molecular weight excluding hydrogens is 479 g/mol. The lowest BCUT2D eigenvalue weighted by Crippen LogP contribution is -2.37. The molecule has 1 fully saturated rings. The third kappa shape index (κ3) is 5.44. The number of nitrogens with one attached hydrogen (secondary N) is 1. The van der Waals surface area contributed by atoms with E-state index in [-0.39, 0.29) is 5.91 Å². The van der Waals surface area contributed by atoms with Crippen molar-refractivity contribution >= 4 is 52.5 Å². The van der Waals surface area contributed by atoms with Gasteiger partial charge in [-0.2, -0.15) is 0 Å². The highest BCUT2D eigenvalue weighted by Gasteiger charge is 2.20. The molecule has 9 heteroatoms. The monoisotopic (exact) mass is 500 g/mol. The second-order valence-electron chi connectivity index (χ2n) is 7.45. The molecule has 2 heterocycles. The van der Waals surface area contributed by atoms with Crippen molar-refractivity contribution in [3.8, 4) is 11.3 Å². The number of morpholine rings is 1. The Labute approximate surface area is 206 Å². The highest BCUT2D eigenvalue weighted by atomic mass is 35.5. The van der Waals surface area contributed by atoms with Crippen LogP contribution in [-0.4, -0.2) is 45.3 Å². The summed E-state index contributed by atoms with van der Waals surface area (Å²) in [5.41, 5.74) is 2.25. The van der Waals surface area contributed by atoms with E-state index in [0.29, 0.717) is 64.7 Å². The van der Waals surface area contributed by atoms with Crippen molar-refractivity contribution in [2.24, 2.45) is 0 Å². The molecule has 1 aliphatic heterocycles. The number of carbonyl (C=O) groups excluding carboxylic acids is 2. The molecule has 3 aromatic rings. The summed E-state index contributed by atoms with van der Waals surface area (Å²) in [5.74, 6) is 0.151. The maximum atomic E-state index is 12.5.